The number of hydrogen-bond acceptors (Lipinski definition) is 7. The fraction of sp³-hybridized carbons (Fsp3) is 0.208. The lowest BCUT2D eigenvalue weighted by molar-refractivity contribution is -0.140. The average molecular weight is 454 g/mol. The third-order valence-corrected chi connectivity index (χ3v) is 5.68. The van der Waals surface area contributed by atoms with Crippen molar-refractivity contribution in [2.45, 2.75) is 19.4 Å². The van der Waals surface area contributed by atoms with E-state index in [9.17, 15) is 14.4 Å². The van der Waals surface area contributed by atoms with Crippen LogP contribution in [-0.2, 0) is 9.53 Å². The van der Waals surface area contributed by atoms with E-state index in [-0.39, 0.29) is 24.2 Å². The zero-order valence-electron chi connectivity index (χ0n) is 17.8. The van der Waals surface area contributed by atoms with Crippen LogP contribution in [0.5, 0.6) is 0 Å². The Bertz CT molecular complexity index is 1120. The van der Waals surface area contributed by atoms with E-state index in [0.29, 0.717) is 12.2 Å². The molecule has 6 nitrogen and oxygen atoms in total. The molecule has 0 radical (unpaired) electrons. The number of carbonyl (C=O) groups is 1. The van der Waals surface area contributed by atoms with Crippen molar-refractivity contribution in [2.24, 2.45) is 0 Å². The minimum absolute atomic E-state index is 0.165. The van der Waals surface area contributed by atoms with E-state index in [0.717, 1.165) is 38.7 Å². The number of methoxy groups -OCH3 is 1. The summed E-state index contributed by atoms with van der Waals surface area (Å²) in [6.45, 7) is 2.26. The molecule has 0 amide bonds. The van der Waals surface area contributed by atoms with E-state index in [1.165, 1.54) is 31.4 Å². The van der Waals surface area contributed by atoms with Crippen LogP contribution in [0.25, 0.3) is 10.8 Å². The van der Waals surface area contributed by atoms with Gasteiger partial charge in [-0.3, -0.25) is 10.0 Å². The number of nitrogens with zero attached hydrogens (tertiary/aromatic N) is 2. The van der Waals surface area contributed by atoms with Crippen LogP contribution in [0, 0.1) is 18.2 Å². The van der Waals surface area contributed by atoms with E-state index in [1.807, 2.05) is 48.2 Å². The summed E-state index contributed by atoms with van der Waals surface area (Å²) in [6, 6.07) is 16.9. The van der Waals surface area contributed by atoms with Gasteiger partial charge in [0.05, 0.1) is 43.6 Å². The Kier molecular flexibility index (Phi) is 7.82. The van der Waals surface area contributed by atoms with Gasteiger partial charge in [-0.15, -0.1) is 6.42 Å². The van der Waals surface area contributed by atoms with Crippen LogP contribution in [0.15, 0.2) is 60.7 Å². The fourth-order valence-corrected chi connectivity index (χ4v) is 3.94. The number of ether oxygens (including phenoxy) is 1. The molecule has 0 aliphatic carbocycles. The molecule has 0 bridgehead atoms. The zero-order valence-corrected chi connectivity index (χ0v) is 18.6. The minimum Gasteiger partial charge on any atom is -0.469 e. The van der Waals surface area contributed by atoms with Gasteiger partial charge in [0.2, 0.25) is 0 Å². The highest BCUT2D eigenvalue weighted by Crippen LogP contribution is 2.35. The summed E-state index contributed by atoms with van der Waals surface area (Å²) in [6.07, 6.45) is 5.81. The van der Waals surface area contributed by atoms with Gasteiger partial charge < -0.3 is 14.4 Å². The lowest BCUT2D eigenvalue weighted by Crippen LogP contribution is -2.35. The Labute approximate surface area is 191 Å². The van der Waals surface area contributed by atoms with Crippen LogP contribution in [0.1, 0.15) is 13.3 Å². The number of rotatable bonds is 9. The number of esters is 1. The molecule has 1 unspecified atom stereocenters. The number of halogens is 1. The number of nitrogens with one attached hydrogen (secondary N) is 1. The zero-order chi connectivity index (χ0) is 23.1. The summed E-state index contributed by atoms with van der Waals surface area (Å²) in [4.78, 5) is 13.8. The van der Waals surface area contributed by atoms with E-state index in [2.05, 4.69) is 10.6 Å². The first-order valence-corrected chi connectivity index (χ1v) is 10.7. The molecule has 8 heteroatoms. The van der Waals surface area contributed by atoms with Crippen molar-refractivity contribution in [3.63, 3.8) is 0 Å². The minimum atomic E-state index is -0.375. The molecule has 0 fully saturated rings. The second-order valence-corrected chi connectivity index (χ2v) is 7.81. The normalized spacial score (nSPS) is 11.5. The number of carbonyl (C=O) groups excluding carboxylic acids is 1. The van der Waals surface area contributed by atoms with Crippen molar-refractivity contribution in [1.29, 1.82) is 0 Å². The number of benzene rings is 3. The maximum Gasteiger partial charge on any atom is 0.307 e. The molecular weight excluding hydrogens is 429 g/mol. The second kappa shape index (κ2) is 10.8. The quantitative estimate of drug-likeness (QED) is 0.199. The Morgan fingerprint density at radius 1 is 1.19 bits per heavy atom. The van der Waals surface area contributed by atoms with Gasteiger partial charge in [-0.25, -0.2) is 4.39 Å². The summed E-state index contributed by atoms with van der Waals surface area (Å²) in [5.41, 5.74) is 2.10. The van der Waals surface area contributed by atoms with Crippen molar-refractivity contribution in [3.8, 4) is 12.3 Å². The molecule has 3 aromatic carbocycles. The smallest absolute Gasteiger partial charge is 0.307 e. The molecule has 166 valence electrons. The van der Waals surface area contributed by atoms with Crippen LogP contribution in [0.2, 0.25) is 0 Å². The Balaban J connectivity index is 1.88. The lowest BCUT2D eigenvalue weighted by Gasteiger charge is -2.30. The highest BCUT2D eigenvalue weighted by atomic mass is 32.2. The Hall–Kier alpha value is -3.41. The third kappa shape index (κ3) is 5.44. The highest BCUT2D eigenvalue weighted by Gasteiger charge is 2.20. The van der Waals surface area contributed by atoms with E-state index in [4.69, 9.17) is 11.2 Å². The first-order valence-electron chi connectivity index (χ1n) is 9.90. The van der Waals surface area contributed by atoms with Crippen molar-refractivity contribution in [3.05, 3.63) is 66.5 Å². The predicted octanol–water partition coefficient (Wildman–Crippen LogP) is 5.24. The molecular formula is C24H24FN3O3S. The third-order valence-electron chi connectivity index (χ3n) is 4.98. The first kappa shape index (κ1) is 23.3. The SMILES string of the molecule is C#CCN(c1ccc(NSN(O)c2ccc(F)cc2)c2ccccc12)C(C)CC(=O)OC. The van der Waals surface area contributed by atoms with E-state index >= 15 is 0 Å². The van der Waals surface area contributed by atoms with Crippen LogP contribution in [-0.4, -0.2) is 30.9 Å². The fourth-order valence-electron chi connectivity index (χ4n) is 3.35. The van der Waals surface area contributed by atoms with Gasteiger partial charge in [0.1, 0.15) is 5.82 Å². The van der Waals surface area contributed by atoms with Crippen molar-refractivity contribution >= 4 is 45.9 Å². The van der Waals surface area contributed by atoms with Crippen molar-refractivity contribution in [2.75, 3.05) is 27.7 Å². The Morgan fingerprint density at radius 2 is 1.88 bits per heavy atom. The number of terminal acetylenes is 1. The summed E-state index contributed by atoms with van der Waals surface area (Å²) >= 11 is 0.955. The molecule has 0 saturated carbocycles. The second-order valence-electron chi connectivity index (χ2n) is 7.08. The van der Waals surface area contributed by atoms with Gasteiger partial charge in [0.25, 0.3) is 0 Å². The molecule has 1 atom stereocenters. The molecule has 0 aliphatic rings. The molecule has 0 heterocycles. The maximum atomic E-state index is 13.1. The van der Waals surface area contributed by atoms with Crippen LogP contribution in [0.4, 0.5) is 21.5 Å². The molecule has 0 aliphatic heterocycles. The number of fused-ring (bicyclic) bond motifs is 1. The lowest BCUT2D eigenvalue weighted by atomic mass is 10.0. The van der Waals surface area contributed by atoms with Gasteiger partial charge in [0.15, 0.2) is 0 Å². The van der Waals surface area contributed by atoms with E-state index < -0.39 is 0 Å². The predicted molar refractivity (Wildman–Crippen MR) is 128 cm³/mol. The molecule has 0 aromatic heterocycles. The number of hydrogen-bond donors (Lipinski definition) is 2. The molecule has 32 heavy (non-hydrogen) atoms. The topological polar surface area (TPSA) is 65.0 Å². The van der Waals surface area contributed by atoms with Gasteiger partial charge in [0, 0.05) is 22.5 Å². The van der Waals surface area contributed by atoms with E-state index in [1.54, 1.807) is 0 Å². The van der Waals surface area contributed by atoms with Gasteiger partial charge in [-0.1, -0.05) is 30.2 Å². The number of anilines is 3. The van der Waals surface area contributed by atoms with Crippen molar-refractivity contribution < 1.29 is 19.1 Å². The van der Waals surface area contributed by atoms with Gasteiger partial charge in [-0.05, 0) is 43.3 Å². The monoisotopic (exact) mass is 453 g/mol. The maximum absolute atomic E-state index is 13.1. The van der Waals surface area contributed by atoms with Crippen molar-refractivity contribution in [1.82, 2.24) is 0 Å². The molecule has 0 spiro atoms. The van der Waals surface area contributed by atoms with Crippen LogP contribution < -0.4 is 14.1 Å². The summed E-state index contributed by atoms with van der Waals surface area (Å²) in [5.74, 6) is 1.99. The average Bonchev–Trinajstić information content (AvgIpc) is 2.81. The Morgan fingerprint density at radius 3 is 2.53 bits per heavy atom. The first-order chi connectivity index (χ1) is 15.4. The molecule has 3 aromatic rings. The van der Waals surface area contributed by atoms with Crippen LogP contribution >= 0.6 is 12.1 Å². The molecule has 0 saturated heterocycles. The van der Waals surface area contributed by atoms with Gasteiger partial charge in [-0.2, -0.15) is 4.47 Å². The largest absolute Gasteiger partial charge is 0.469 e. The molecule has 3 rings (SSSR count). The summed E-state index contributed by atoms with van der Waals surface area (Å²) < 4.78 is 22.0. The summed E-state index contributed by atoms with van der Waals surface area (Å²) in [5, 5.41) is 12.1. The summed E-state index contributed by atoms with van der Waals surface area (Å²) in [7, 11) is 1.37. The standard InChI is InChI=1S/C24H24FN3O3S/c1-4-15-27(17(2)16-24(29)31-3)23-14-13-22(20-7-5-6-8-21(20)23)26-32-28(30)19-11-9-18(25)10-12-19/h1,5-14,17,26,30H,15-16H2,2-3H3. The highest BCUT2D eigenvalue weighted by molar-refractivity contribution is 8.01. The van der Waals surface area contributed by atoms with Crippen LogP contribution in [0.3, 0.4) is 0 Å². The molecule has 2 N–H and O–H groups in total. The van der Waals surface area contributed by atoms with Gasteiger partial charge >= 0.3 is 5.97 Å².